The first-order valence-electron chi connectivity index (χ1n) is 6.51. The highest BCUT2D eigenvalue weighted by atomic mass is 32.2. The summed E-state index contributed by atoms with van der Waals surface area (Å²) in [7, 11) is -1.36. The lowest BCUT2D eigenvalue weighted by molar-refractivity contribution is 0.0828. The van der Waals surface area contributed by atoms with Crippen LogP contribution in [0, 0.1) is 11.6 Å². The van der Waals surface area contributed by atoms with E-state index in [0.29, 0.717) is 6.07 Å². The first kappa shape index (κ1) is 16.9. The Morgan fingerprint density at radius 3 is 2.39 bits per heavy atom. The Kier molecular flexibility index (Phi) is 4.65. The molecule has 23 heavy (non-hydrogen) atoms. The molecule has 2 rings (SSSR count). The van der Waals surface area contributed by atoms with Crippen LogP contribution in [0.3, 0.4) is 0 Å². The van der Waals surface area contributed by atoms with Gasteiger partial charge in [0.25, 0.3) is 15.9 Å². The van der Waals surface area contributed by atoms with Crippen LogP contribution in [0.15, 0.2) is 47.4 Å². The Labute approximate surface area is 132 Å². The van der Waals surface area contributed by atoms with Crippen molar-refractivity contribution in [1.82, 2.24) is 4.90 Å². The molecule has 2 aromatic carbocycles. The average Bonchev–Trinajstić information content (AvgIpc) is 2.49. The van der Waals surface area contributed by atoms with E-state index in [0.717, 1.165) is 12.1 Å². The summed E-state index contributed by atoms with van der Waals surface area (Å²) >= 11 is 0. The highest BCUT2D eigenvalue weighted by Crippen LogP contribution is 2.23. The fourth-order valence-electron chi connectivity index (χ4n) is 1.88. The number of rotatable bonds is 4. The smallest absolute Gasteiger partial charge is 0.264 e. The van der Waals surface area contributed by atoms with Crippen LogP contribution >= 0.6 is 0 Å². The van der Waals surface area contributed by atoms with Crippen LogP contribution in [-0.4, -0.2) is 33.3 Å². The number of hydrogen-bond acceptors (Lipinski definition) is 3. The van der Waals surface area contributed by atoms with E-state index in [2.05, 4.69) is 4.72 Å². The second-order valence-electron chi connectivity index (χ2n) is 4.93. The van der Waals surface area contributed by atoms with Gasteiger partial charge in [-0.15, -0.1) is 0 Å². The molecule has 0 saturated carbocycles. The molecule has 0 aliphatic carbocycles. The number of nitrogens with zero attached hydrogens (tertiary/aromatic N) is 1. The van der Waals surface area contributed by atoms with Crippen LogP contribution in [0.2, 0.25) is 0 Å². The molecule has 0 radical (unpaired) electrons. The van der Waals surface area contributed by atoms with E-state index in [4.69, 9.17) is 0 Å². The van der Waals surface area contributed by atoms with Crippen LogP contribution in [0.4, 0.5) is 14.5 Å². The molecule has 8 heteroatoms. The molecule has 2 aromatic rings. The fourth-order valence-corrected chi connectivity index (χ4v) is 3.05. The molecule has 0 aromatic heterocycles. The topological polar surface area (TPSA) is 66.5 Å². The van der Waals surface area contributed by atoms with Gasteiger partial charge in [-0.05, 0) is 30.3 Å². The monoisotopic (exact) mass is 340 g/mol. The van der Waals surface area contributed by atoms with Crippen molar-refractivity contribution in [2.75, 3.05) is 18.8 Å². The Morgan fingerprint density at radius 1 is 1.09 bits per heavy atom. The van der Waals surface area contributed by atoms with Crippen LogP contribution in [0.5, 0.6) is 0 Å². The molecule has 5 nitrogen and oxygen atoms in total. The summed E-state index contributed by atoms with van der Waals surface area (Å²) in [5.41, 5.74) is 0.0766. The minimum Gasteiger partial charge on any atom is -0.345 e. The van der Waals surface area contributed by atoms with Gasteiger partial charge >= 0.3 is 0 Å². The quantitative estimate of drug-likeness (QED) is 0.930. The summed E-state index contributed by atoms with van der Waals surface area (Å²) in [5.74, 6) is -2.40. The molecule has 0 saturated heterocycles. The molecule has 0 atom stereocenters. The second-order valence-corrected chi connectivity index (χ2v) is 6.58. The summed E-state index contributed by atoms with van der Waals surface area (Å²) in [6.45, 7) is 0. The van der Waals surface area contributed by atoms with E-state index < -0.39 is 32.5 Å². The number of benzene rings is 2. The van der Waals surface area contributed by atoms with E-state index in [1.807, 2.05) is 0 Å². The summed E-state index contributed by atoms with van der Waals surface area (Å²) < 4.78 is 53.6. The third-order valence-corrected chi connectivity index (χ3v) is 4.37. The number of sulfonamides is 1. The molecular weight excluding hydrogens is 326 g/mol. The number of carbonyl (C=O) groups excluding carboxylic acids is 1. The molecule has 1 N–H and O–H groups in total. The normalized spacial score (nSPS) is 11.1. The second kappa shape index (κ2) is 6.33. The van der Waals surface area contributed by atoms with Gasteiger partial charge in [-0.3, -0.25) is 9.52 Å². The predicted molar refractivity (Wildman–Crippen MR) is 81.6 cm³/mol. The third kappa shape index (κ3) is 3.65. The molecule has 0 spiro atoms. The number of para-hydroxylation sites is 1. The van der Waals surface area contributed by atoms with E-state index in [9.17, 15) is 22.0 Å². The van der Waals surface area contributed by atoms with Gasteiger partial charge in [-0.1, -0.05) is 12.1 Å². The van der Waals surface area contributed by atoms with Gasteiger partial charge in [0, 0.05) is 14.1 Å². The average molecular weight is 340 g/mol. The molecule has 0 bridgehead atoms. The summed E-state index contributed by atoms with van der Waals surface area (Å²) in [4.78, 5) is 12.5. The summed E-state index contributed by atoms with van der Waals surface area (Å²) in [6, 6.07) is 8.00. The highest BCUT2D eigenvalue weighted by molar-refractivity contribution is 7.92. The third-order valence-electron chi connectivity index (χ3n) is 2.99. The SMILES string of the molecule is CN(C)C(=O)c1ccccc1NS(=O)(=O)c1cc(F)ccc1F. The van der Waals surface area contributed by atoms with Crippen LogP contribution in [0.1, 0.15) is 10.4 Å². The number of anilines is 1. The molecular formula is C15H14F2N2O3S. The Bertz CT molecular complexity index is 852. The van der Waals surface area contributed by atoms with Crippen molar-refractivity contribution >= 4 is 21.6 Å². The molecule has 0 heterocycles. The number of halogens is 2. The van der Waals surface area contributed by atoms with Gasteiger partial charge in [0.15, 0.2) is 0 Å². The van der Waals surface area contributed by atoms with Crippen molar-refractivity contribution in [2.24, 2.45) is 0 Å². The lowest BCUT2D eigenvalue weighted by Crippen LogP contribution is -2.24. The first-order valence-corrected chi connectivity index (χ1v) is 7.99. The summed E-state index contributed by atoms with van der Waals surface area (Å²) in [6.07, 6.45) is 0. The van der Waals surface area contributed by atoms with E-state index in [1.54, 1.807) is 6.07 Å². The standard InChI is InChI=1S/C15H14F2N2O3S/c1-19(2)15(20)11-5-3-4-6-13(11)18-23(21,22)14-9-10(16)7-8-12(14)17/h3-9,18H,1-2H3. The minimum absolute atomic E-state index is 0.0186. The van der Waals surface area contributed by atoms with Crippen LogP contribution < -0.4 is 4.72 Å². The van der Waals surface area contributed by atoms with Crippen molar-refractivity contribution < 1.29 is 22.0 Å². The maximum absolute atomic E-state index is 13.7. The molecule has 122 valence electrons. The van der Waals surface area contributed by atoms with E-state index >= 15 is 0 Å². The maximum atomic E-state index is 13.7. The van der Waals surface area contributed by atoms with Gasteiger partial charge in [-0.25, -0.2) is 17.2 Å². The largest absolute Gasteiger partial charge is 0.345 e. The fraction of sp³-hybridized carbons (Fsp3) is 0.133. The number of hydrogen-bond donors (Lipinski definition) is 1. The van der Waals surface area contributed by atoms with Crippen LogP contribution in [-0.2, 0) is 10.0 Å². The van der Waals surface area contributed by atoms with Crippen molar-refractivity contribution in [3.63, 3.8) is 0 Å². The molecule has 0 aliphatic rings. The molecule has 0 aliphatic heterocycles. The summed E-state index contributed by atoms with van der Waals surface area (Å²) in [5, 5.41) is 0. The number of carbonyl (C=O) groups is 1. The van der Waals surface area contributed by atoms with Crippen molar-refractivity contribution in [3.05, 3.63) is 59.7 Å². The van der Waals surface area contributed by atoms with Crippen molar-refractivity contribution in [1.29, 1.82) is 0 Å². The van der Waals surface area contributed by atoms with Gasteiger partial charge in [-0.2, -0.15) is 0 Å². The van der Waals surface area contributed by atoms with Crippen molar-refractivity contribution in [3.8, 4) is 0 Å². The van der Waals surface area contributed by atoms with Gasteiger partial charge in [0.05, 0.1) is 11.3 Å². The number of nitrogens with one attached hydrogen (secondary N) is 1. The lowest BCUT2D eigenvalue weighted by atomic mass is 10.1. The van der Waals surface area contributed by atoms with Gasteiger partial charge < -0.3 is 4.90 Å². The highest BCUT2D eigenvalue weighted by Gasteiger charge is 2.23. The molecule has 1 amide bonds. The van der Waals surface area contributed by atoms with Crippen LogP contribution in [0.25, 0.3) is 0 Å². The molecule has 0 fully saturated rings. The Hall–Kier alpha value is -2.48. The Morgan fingerprint density at radius 2 is 1.74 bits per heavy atom. The molecule has 0 unspecified atom stereocenters. The zero-order valence-electron chi connectivity index (χ0n) is 12.4. The minimum atomic E-state index is -4.38. The zero-order valence-corrected chi connectivity index (χ0v) is 13.2. The maximum Gasteiger partial charge on any atom is 0.264 e. The van der Waals surface area contributed by atoms with Gasteiger partial charge in [0.2, 0.25) is 0 Å². The lowest BCUT2D eigenvalue weighted by Gasteiger charge is -2.15. The van der Waals surface area contributed by atoms with E-state index in [-0.39, 0.29) is 11.3 Å². The van der Waals surface area contributed by atoms with E-state index in [1.165, 1.54) is 37.2 Å². The first-order chi connectivity index (χ1) is 10.7. The van der Waals surface area contributed by atoms with Gasteiger partial charge in [0.1, 0.15) is 16.5 Å². The Balaban J connectivity index is 2.46. The zero-order chi connectivity index (χ0) is 17.2. The number of amides is 1. The van der Waals surface area contributed by atoms with Crippen molar-refractivity contribution in [2.45, 2.75) is 4.90 Å². The predicted octanol–water partition coefficient (Wildman–Crippen LogP) is 2.47.